The van der Waals surface area contributed by atoms with Gasteiger partial charge in [0, 0.05) is 11.3 Å². The Morgan fingerprint density at radius 1 is 1.19 bits per heavy atom. The average molecular weight is 460 g/mol. The highest BCUT2D eigenvalue weighted by molar-refractivity contribution is 8.38. The van der Waals surface area contributed by atoms with Crippen molar-refractivity contribution in [3.05, 3.63) is 53.1 Å². The van der Waals surface area contributed by atoms with Gasteiger partial charge in [-0.3, -0.25) is 4.99 Å². The van der Waals surface area contributed by atoms with Crippen LogP contribution < -0.4 is 0 Å². The van der Waals surface area contributed by atoms with Gasteiger partial charge in [-0.25, -0.2) is 4.98 Å². The van der Waals surface area contributed by atoms with E-state index in [1.54, 1.807) is 18.5 Å². The molecule has 0 amide bonds. The number of nitriles is 1. The van der Waals surface area contributed by atoms with E-state index in [0.717, 1.165) is 33.9 Å². The number of halogens is 3. The summed E-state index contributed by atoms with van der Waals surface area (Å²) in [7, 11) is 0. The Bertz CT molecular complexity index is 1230. The minimum absolute atomic E-state index is 0.235. The highest BCUT2D eigenvalue weighted by atomic mass is 32.2. The van der Waals surface area contributed by atoms with E-state index in [4.69, 9.17) is 4.99 Å². The molecule has 0 radical (unpaired) electrons. The van der Waals surface area contributed by atoms with E-state index in [1.807, 2.05) is 6.07 Å². The second kappa shape index (κ2) is 7.31. The second-order valence-electron chi connectivity index (χ2n) is 6.85. The number of pyridine rings is 1. The van der Waals surface area contributed by atoms with E-state index < -0.39 is 11.9 Å². The lowest BCUT2D eigenvalue weighted by Gasteiger charge is -2.21. The van der Waals surface area contributed by atoms with Gasteiger partial charge in [0.1, 0.15) is 26.9 Å². The maximum Gasteiger partial charge on any atom is 0.433 e. The van der Waals surface area contributed by atoms with Gasteiger partial charge in [-0.05, 0) is 42.3 Å². The van der Waals surface area contributed by atoms with Gasteiger partial charge >= 0.3 is 6.18 Å². The van der Waals surface area contributed by atoms with Crippen molar-refractivity contribution in [2.45, 2.75) is 35.3 Å². The SMILES string of the molecule is N#Cc1nc(C(F)(F)F)ccc1CSC1=NC2(CC2)c2cc(-n3nccn3)nnc2S1. The first kappa shape index (κ1) is 20.0. The van der Waals surface area contributed by atoms with Crippen molar-refractivity contribution < 1.29 is 13.2 Å². The molecule has 1 aliphatic carbocycles. The third kappa shape index (κ3) is 3.77. The van der Waals surface area contributed by atoms with Crippen LogP contribution in [-0.4, -0.2) is 34.6 Å². The lowest BCUT2D eigenvalue weighted by molar-refractivity contribution is -0.141. The zero-order valence-electron chi connectivity index (χ0n) is 15.5. The molecule has 8 nitrogen and oxygen atoms in total. The summed E-state index contributed by atoms with van der Waals surface area (Å²) in [6.07, 6.45) is 0.259. The highest BCUT2D eigenvalue weighted by Crippen LogP contribution is 2.56. The average Bonchev–Trinajstić information content (AvgIpc) is 3.30. The minimum Gasteiger partial charge on any atom is -0.260 e. The van der Waals surface area contributed by atoms with Gasteiger partial charge in [0.2, 0.25) is 0 Å². The number of aromatic nitrogens is 6. The van der Waals surface area contributed by atoms with Crippen LogP contribution in [0.25, 0.3) is 5.82 Å². The zero-order chi connectivity index (χ0) is 21.6. The van der Waals surface area contributed by atoms with Gasteiger partial charge in [0.15, 0.2) is 5.82 Å². The molecule has 0 aromatic carbocycles. The molecule has 31 heavy (non-hydrogen) atoms. The molecule has 0 unspecified atom stereocenters. The summed E-state index contributed by atoms with van der Waals surface area (Å²) >= 11 is 2.70. The molecule has 13 heteroatoms. The van der Waals surface area contributed by atoms with Crippen LogP contribution in [0.5, 0.6) is 0 Å². The Morgan fingerprint density at radius 2 is 1.97 bits per heavy atom. The summed E-state index contributed by atoms with van der Waals surface area (Å²) in [6.45, 7) is 0. The van der Waals surface area contributed by atoms with Crippen LogP contribution in [-0.2, 0) is 17.5 Å². The van der Waals surface area contributed by atoms with E-state index in [1.165, 1.54) is 34.4 Å². The molecular weight excluding hydrogens is 449 g/mol. The van der Waals surface area contributed by atoms with E-state index >= 15 is 0 Å². The maximum absolute atomic E-state index is 12.8. The van der Waals surface area contributed by atoms with Crippen molar-refractivity contribution >= 4 is 27.9 Å². The second-order valence-corrected chi connectivity index (χ2v) is 9.05. The largest absolute Gasteiger partial charge is 0.433 e. The molecule has 0 saturated heterocycles. The van der Waals surface area contributed by atoms with Crippen LogP contribution in [0.4, 0.5) is 13.2 Å². The summed E-state index contributed by atoms with van der Waals surface area (Å²) < 4.78 is 39.3. The number of alkyl halides is 3. The summed E-state index contributed by atoms with van der Waals surface area (Å²) in [5.74, 6) is 0.782. The first-order valence-electron chi connectivity index (χ1n) is 9.01. The summed E-state index contributed by atoms with van der Waals surface area (Å²) in [5.41, 5.74) is -0.284. The minimum atomic E-state index is -4.59. The smallest absolute Gasteiger partial charge is 0.260 e. The standard InChI is InChI=1S/C18H11F3N8S2/c19-18(20,21)13-2-1-10(12(8-22)25-13)9-30-16-26-17(3-4-17)11-7-14(27-28-15(11)31-16)29-23-5-6-24-29/h1-2,5-7H,3-4,9H2. The molecule has 5 rings (SSSR count). The van der Waals surface area contributed by atoms with E-state index in [-0.39, 0.29) is 17.0 Å². The molecule has 1 aliphatic heterocycles. The number of thioether (sulfide) groups is 2. The number of aliphatic imine (C=N–C) groups is 1. The topological polar surface area (TPSA) is 106 Å². The molecule has 4 heterocycles. The molecule has 1 spiro atoms. The van der Waals surface area contributed by atoms with Crippen LogP contribution in [0.2, 0.25) is 0 Å². The number of rotatable bonds is 3. The van der Waals surface area contributed by atoms with Crippen LogP contribution in [0.1, 0.15) is 35.4 Å². The van der Waals surface area contributed by atoms with E-state index in [2.05, 4.69) is 25.4 Å². The molecule has 0 bridgehead atoms. The van der Waals surface area contributed by atoms with Crippen molar-refractivity contribution in [1.82, 2.24) is 30.2 Å². The first-order chi connectivity index (χ1) is 14.9. The molecule has 3 aromatic rings. The lowest BCUT2D eigenvalue weighted by atomic mass is 10.1. The fourth-order valence-electron chi connectivity index (χ4n) is 3.11. The quantitative estimate of drug-likeness (QED) is 0.582. The Hall–Kier alpha value is -2.98. The van der Waals surface area contributed by atoms with Crippen molar-refractivity contribution in [2.24, 2.45) is 4.99 Å². The van der Waals surface area contributed by atoms with Crippen molar-refractivity contribution in [2.75, 3.05) is 0 Å². The van der Waals surface area contributed by atoms with Gasteiger partial charge in [-0.15, -0.1) is 15.0 Å². The van der Waals surface area contributed by atoms with E-state index in [0.29, 0.717) is 11.4 Å². The van der Waals surface area contributed by atoms with Gasteiger partial charge in [0.25, 0.3) is 0 Å². The molecule has 0 N–H and O–H groups in total. The molecule has 156 valence electrons. The van der Waals surface area contributed by atoms with Crippen molar-refractivity contribution in [3.63, 3.8) is 0 Å². The Labute approximate surface area is 182 Å². The maximum atomic E-state index is 12.8. The normalized spacial score (nSPS) is 16.5. The number of fused-ring (bicyclic) bond motifs is 2. The van der Waals surface area contributed by atoms with Crippen molar-refractivity contribution in [1.29, 1.82) is 5.26 Å². The number of hydrogen-bond acceptors (Lipinski definition) is 9. The van der Waals surface area contributed by atoms with Crippen LogP contribution in [0, 0.1) is 11.3 Å². The third-order valence-corrected chi connectivity index (χ3v) is 6.97. The molecule has 2 aliphatic rings. The van der Waals surface area contributed by atoms with E-state index in [9.17, 15) is 18.4 Å². The molecule has 1 saturated carbocycles. The zero-order valence-corrected chi connectivity index (χ0v) is 17.2. The van der Waals surface area contributed by atoms with Gasteiger partial charge in [-0.1, -0.05) is 17.8 Å². The third-order valence-electron chi connectivity index (χ3n) is 4.81. The number of nitrogens with zero attached hydrogens (tertiary/aromatic N) is 8. The van der Waals surface area contributed by atoms with Gasteiger partial charge in [0.05, 0.1) is 17.9 Å². The summed E-state index contributed by atoms with van der Waals surface area (Å²) in [5, 5.41) is 26.6. The predicted molar refractivity (Wildman–Crippen MR) is 106 cm³/mol. The Morgan fingerprint density at radius 3 is 2.65 bits per heavy atom. The monoisotopic (exact) mass is 460 g/mol. The Kier molecular flexibility index (Phi) is 4.71. The lowest BCUT2D eigenvalue weighted by Crippen LogP contribution is -2.16. The number of hydrogen-bond donors (Lipinski definition) is 0. The molecule has 3 aromatic heterocycles. The fraction of sp³-hybridized carbons (Fsp3) is 0.278. The van der Waals surface area contributed by atoms with Crippen molar-refractivity contribution in [3.8, 4) is 11.9 Å². The fourth-order valence-corrected chi connectivity index (χ4v) is 5.34. The molecular formula is C18H11F3N8S2. The molecule has 0 atom stereocenters. The van der Waals surface area contributed by atoms with Gasteiger partial charge < -0.3 is 0 Å². The van der Waals surface area contributed by atoms with Crippen LogP contribution in [0.3, 0.4) is 0 Å². The van der Waals surface area contributed by atoms with Crippen LogP contribution in [0.15, 0.2) is 40.6 Å². The summed E-state index contributed by atoms with van der Waals surface area (Å²) in [6, 6.07) is 5.82. The highest BCUT2D eigenvalue weighted by Gasteiger charge is 2.49. The predicted octanol–water partition coefficient (Wildman–Crippen LogP) is 3.73. The van der Waals surface area contributed by atoms with Gasteiger partial charge in [-0.2, -0.15) is 28.6 Å². The van der Waals surface area contributed by atoms with Crippen LogP contribution >= 0.6 is 23.5 Å². The molecule has 1 fully saturated rings. The first-order valence-corrected chi connectivity index (χ1v) is 10.8. The summed E-state index contributed by atoms with van der Waals surface area (Å²) in [4.78, 5) is 9.70. The Balaban J connectivity index is 1.37.